The Balaban J connectivity index is 2.08. The first kappa shape index (κ1) is 12.4. The second-order valence-corrected chi connectivity index (χ2v) is 4.46. The molecule has 0 spiro atoms. The zero-order valence-corrected chi connectivity index (χ0v) is 10.6. The number of carbonyl (C=O) groups is 1. The van der Waals surface area contributed by atoms with Crippen LogP contribution in [-0.2, 0) is 13.1 Å². The van der Waals surface area contributed by atoms with Gasteiger partial charge in [-0.1, -0.05) is 11.3 Å². The number of amides is 1. The van der Waals surface area contributed by atoms with Gasteiger partial charge in [-0.15, -0.1) is 0 Å². The van der Waals surface area contributed by atoms with E-state index in [1.165, 1.54) is 10.9 Å². The highest BCUT2D eigenvalue weighted by molar-refractivity contribution is 7.07. The summed E-state index contributed by atoms with van der Waals surface area (Å²) in [7, 11) is 0. The number of nitrogens with two attached hydrogens (primary N) is 1. The molecule has 4 N–H and O–H groups in total. The third kappa shape index (κ3) is 2.43. The van der Waals surface area contributed by atoms with Crippen LogP contribution >= 0.6 is 11.3 Å². The second kappa shape index (κ2) is 5.05. The van der Waals surface area contributed by atoms with Crippen molar-refractivity contribution in [2.24, 2.45) is 0 Å². The fraction of sp³-hybridized carbons (Fsp3) is 0.300. The third-order valence-corrected chi connectivity index (χ3v) is 3.11. The molecule has 2 aromatic rings. The summed E-state index contributed by atoms with van der Waals surface area (Å²) in [5, 5.41) is 8.35. The van der Waals surface area contributed by atoms with Crippen LogP contribution in [0.5, 0.6) is 0 Å². The SMILES string of the molecule is CCn1ncc(N)c1C(=O)NCc1csc(=O)[nH]1. The molecule has 0 radical (unpaired) electrons. The zero-order valence-electron chi connectivity index (χ0n) is 9.77. The lowest BCUT2D eigenvalue weighted by atomic mass is 10.3. The van der Waals surface area contributed by atoms with Crippen molar-refractivity contribution in [1.29, 1.82) is 0 Å². The smallest absolute Gasteiger partial charge is 0.304 e. The van der Waals surface area contributed by atoms with Crippen LogP contribution in [0.15, 0.2) is 16.4 Å². The summed E-state index contributed by atoms with van der Waals surface area (Å²) in [6.07, 6.45) is 1.45. The molecule has 0 aliphatic heterocycles. The van der Waals surface area contributed by atoms with E-state index in [1.807, 2.05) is 6.92 Å². The fourth-order valence-electron chi connectivity index (χ4n) is 1.55. The first-order valence-electron chi connectivity index (χ1n) is 5.38. The van der Waals surface area contributed by atoms with Crippen LogP contribution in [0.3, 0.4) is 0 Å². The van der Waals surface area contributed by atoms with Gasteiger partial charge >= 0.3 is 4.87 Å². The van der Waals surface area contributed by atoms with Crippen LogP contribution in [0.1, 0.15) is 23.1 Å². The molecule has 8 heteroatoms. The van der Waals surface area contributed by atoms with E-state index in [0.717, 1.165) is 11.3 Å². The molecule has 0 aliphatic rings. The standard InChI is InChI=1S/C10H13N5O2S/c1-2-15-8(7(11)4-13-15)9(16)12-3-6-5-18-10(17)14-6/h4-5H,2-3,11H2,1H3,(H,12,16)(H,14,17). The Labute approximate surface area is 107 Å². The number of aromatic nitrogens is 3. The van der Waals surface area contributed by atoms with Crippen molar-refractivity contribution >= 4 is 22.9 Å². The molecule has 1 amide bonds. The molecule has 0 unspecified atom stereocenters. The van der Waals surface area contributed by atoms with Crippen LogP contribution in [-0.4, -0.2) is 20.7 Å². The normalized spacial score (nSPS) is 10.5. The van der Waals surface area contributed by atoms with E-state index in [4.69, 9.17) is 5.73 Å². The summed E-state index contributed by atoms with van der Waals surface area (Å²) >= 11 is 1.06. The highest BCUT2D eigenvalue weighted by Gasteiger charge is 2.15. The second-order valence-electron chi connectivity index (χ2n) is 3.62. The summed E-state index contributed by atoms with van der Waals surface area (Å²) in [5.74, 6) is -0.307. The van der Waals surface area contributed by atoms with E-state index in [-0.39, 0.29) is 17.3 Å². The molecule has 0 fully saturated rings. The van der Waals surface area contributed by atoms with Gasteiger partial charge in [-0.25, -0.2) is 0 Å². The van der Waals surface area contributed by atoms with Crippen LogP contribution < -0.4 is 15.9 Å². The lowest BCUT2D eigenvalue weighted by Crippen LogP contribution is -2.26. The topological polar surface area (TPSA) is 106 Å². The number of anilines is 1. The van der Waals surface area contributed by atoms with Gasteiger partial charge in [-0.05, 0) is 6.92 Å². The number of H-pyrrole nitrogens is 1. The summed E-state index contributed by atoms with van der Waals surface area (Å²) < 4.78 is 1.53. The molecular formula is C10H13N5O2S. The van der Waals surface area contributed by atoms with Crippen LogP contribution in [0.2, 0.25) is 0 Å². The third-order valence-electron chi connectivity index (χ3n) is 2.39. The van der Waals surface area contributed by atoms with E-state index in [0.29, 0.717) is 23.6 Å². The minimum atomic E-state index is -0.307. The number of aromatic amines is 1. The molecule has 0 bridgehead atoms. The number of nitrogen functional groups attached to an aromatic ring is 1. The van der Waals surface area contributed by atoms with Gasteiger partial charge < -0.3 is 16.0 Å². The van der Waals surface area contributed by atoms with Gasteiger partial charge in [0.1, 0.15) is 5.69 Å². The zero-order chi connectivity index (χ0) is 13.1. The summed E-state index contributed by atoms with van der Waals surface area (Å²) in [5.41, 5.74) is 7.04. The molecular weight excluding hydrogens is 254 g/mol. The molecule has 0 saturated heterocycles. The number of carbonyl (C=O) groups excluding carboxylic acids is 1. The van der Waals surface area contributed by atoms with Crippen LogP contribution in [0.4, 0.5) is 5.69 Å². The van der Waals surface area contributed by atoms with Gasteiger partial charge in [-0.2, -0.15) is 5.10 Å². The van der Waals surface area contributed by atoms with Crippen LogP contribution in [0.25, 0.3) is 0 Å². The molecule has 0 aliphatic carbocycles. The molecule has 18 heavy (non-hydrogen) atoms. The van der Waals surface area contributed by atoms with Gasteiger partial charge in [0.25, 0.3) is 5.91 Å². The van der Waals surface area contributed by atoms with Gasteiger partial charge in [0.15, 0.2) is 0 Å². The summed E-state index contributed by atoms with van der Waals surface area (Å²) in [6, 6.07) is 0. The Hall–Kier alpha value is -2.09. The number of thiazole rings is 1. The highest BCUT2D eigenvalue weighted by atomic mass is 32.1. The average Bonchev–Trinajstić information content (AvgIpc) is 2.92. The van der Waals surface area contributed by atoms with E-state index in [1.54, 1.807) is 5.38 Å². The molecule has 2 rings (SSSR count). The lowest BCUT2D eigenvalue weighted by Gasteiger charge is -2.06. The van der Waals surface area contributed by atoms with Crippen molar-refractivity contribution in [2.75, 3.05) is 5.73 Å². The fourth-order valence-corrected chi connectivity index (χ4v) is 2.13. The van der Waals surface area contributed by atoms with Crippen molar-refractivity contribution in [3.05, 3.63) is 32.6 Å². The van der Waals surface area contributed by atoms with Crippen molar-refractivity contribution in [3.8, 4) is 0 Å². The Morgan fingerprint density at radius 2 is 2.44 bits per heavy atom. The maximum absolute atomic E-state index is 11.9. The maximum atomic E-state index is 11.9. The largest absolute Gasteiger partial charge is 0.396 e. The Kier molecular flexibility index (Phi) is 3.47. The number of nitrogens with one attached hydrogen (secondary N) is 2. The van der Waals surface area contributed by atoms with Gasteiger partial charge in [0, 0.05) is 17.6 Å². The number of aryl methyl sites for hydroxylation is 1. The average molecular weight is 267 g/mol. The Morgan fingerprint density at radius 1 is 1.67 bits per heavy atom. The quantitative estimate of drug-likeness (QED) is 0.734. The molecule has 7 nitrogen and oxygen atoms in total. The van der Waals surface area contributed by atoms with E-state index in [2.05, 4.69) is 15.4 Å². The van der Waals surface area contributed by atoms with Crippen molar-refractivity contribution in [3.63, 3.8) is 0 Å². The van der Waals surface area contributed by atoms with Crippen molar-refractivity contribution in [1.82, 2.24) is 20.1 Å². The maximum Gasteiger partial charge on any atom is 0.304 e. The molecule has 96 valence electrons. The van der Waals surface area contributed by atoms with Gasteiger partial charge in [0.2, 0.25) is 0 Å². The van der Waals surface area contributed by atoms with Crippen molar-refractivity contribution < 1.29 is 4.79 Å². The first-order valence-corrected chi connectivity index (χ1v) is 6.26. The summed E-state index contributed by atoms with van der Waals surface area (Å²) in [6.45, 7) is 2.70. The minimum Gasteiger partial charge on any atom is -0.396 e. The number of nitrogens with zero attached hydrogens (tertiary/aromatic N) is 2. The van der Waals surface area contributed by atoms with E-state index in [9.17, 15) is 9.59 Å². The highest BCUT2D eigenvalue weighted by Crippen LogP contribution is 2.10. The van der Waals surface area contributed by atoms with Gasteiger partial charge in [-0.3, -0.25) is 14.3 Å². The van der Waals surface area contributed by atoms with Crippen molar-refractivity contribution in [2.45, 2.75) is 20.0 Å². The molecule has 0 aromatic carbocycles. The first-order chi connectivity index (χ1) is 8.61. The molecule has 2 aromatic heterocycles. The van der Waals surface area contributed by atoms with E-state index < -0.39 is 0 Å². The number of hydrogen-bond acceptors (Lipinski definition) is 5. The Bertz CT molecular complexity index is 612. The van der Waals surface area contributed by atoms with Gasteiger partial charge in [0.05, 0.1) is 18.4 Å². The molecule has 0 saturated carbocycles. The lowest BCUT2D eigenvalue weighted by molar-refractivity contribution is 0.0940. The molecule has 2 heterocycles. The molecule has 0 atom stereocenters. The predicted molar refractivity (Wildman–Crippen MR) is 68.4 cm³/mol. The van der Waals surface area contributed by atoms with E-state index >= 15 is 0 Å². The monoisotopic (exact) mass is 267 g/mol. The Morgan fingerprint density at radius 3 is 3.06 bits per heavy atom. The minimum absolute atomic E-state index is 0.141. The summed E-state index contributed by atoms with van der Waals surface area (Å²) in [4.78, 5) is 25.4. The number of rotatable bonds is 4. The predicted octanol–water partition coefficient (Wildman–Crippen LogP) is 0.165. The van der Waals surface area contributed by atoms with Crippen LogP contribution in [0, 0.1) is 0 Å². The number of hydrogen-bond donors (Lipinski definition) is 3.